The Labute approximate surface area is 162 Å². The van der Waals surface area contributed by atoms with Crippen LogP contribution in [0.5, 0.6) is 0 Å². The number of nitrogens with zero attached hydrogens (tertiary/aromatic N) is 1. The highest BCUT2D eigenvalue weighted by Gasteiger charge is 2.21. The minimum Gasteiger partial charge on any atom is -0.326 e. The molecular formula is C20H21ClN2O2S. The molecular weight excluding hydrogens is 368 g/mol. The van der Waals surface area contributed by atoms with E-state index < -0.39 is 0 Å². The number of rotatable bonds is 7. The Hall–Kier alpha value is -1.98. The molecule has 0 radical (unpaired) electrons. The van der Waals surface area contributed by atoms with Gasteiger partial charge in [0.1, 0.15) is 0 Å². The minimum atomic E-state index is -0.00129. The van der Waals surface area contributed by atoms with E-state index in [1.54, 1.807) is 16.7 Å². The number of nitrogens with one attached hydrogen (secondary N) is 1. The van der Waals surface area contributed by atoms with Crippen molar-refractivity contribution in [3.05, 3.63) is 59.1 Å². The molecule has 1 saturated heterocycles. The van der Waals surface area contributed by atoms with Gasteiger partial charge in [-0.2, -0.15) is 11.8 Å². The van der Waals surface area contributed by atoms with Gasteiger partial charge in [0.25, 0.3) is 0 Å². The third-order valence-electron chi connectivity index (χ3n) is 4.19. The summed E-state index contributed by atoms with van der Waals surface area (Å²) in [5, 5.41) is 3.64. The largest absolute Gasteiger partial charge is 0.326 e. The number of benzene rings is 2. The molecule has 2 aromatic rings. The van der Waals surface area contributed by atoms with Crippen molar-refractivity contribution in [2.45, 2.75) is 25.0 Å². The number of carbonyl (C=O) groups is 2. The Morgan fingerprint density at radius 3 is 2.50 bits per heavy atom. The van der Waals surface area contributed by atoms with Crippen molar-refractivity contribution in [1.82, 2.24) is 0 Å². The summed E-state index contributed by atoms with van der Waals surface area (Å²) in [5.74, 6) is 1.79. The van der Waals surface area contributed by atoms with Gasteiger partial charge >= 0.3 is 0 Å². The van der Waals surface area contributed by atoms with Gasteiger partial charge in [-0.1, -0.05) is 23.7 Å². The van der Waals surface area contributed by atoms with Crippen molar-refractivity contribution in [3.8, 4) is 0 Å². The first-order chi connectivity index (χ1) is 12.6. The summed E-state index contributed by atoms with van der Waals surface area (Å²) >= 11 is 7.59. The molecule has 1 aliphatic heterocycles. The predicted octanol–water partition coefficient (Wildman–Crippen LogP) is 4.73. The van der Waals surface area contributed by atoms with E-state index in [1.165, 1.54) is 5.56 Å². The fourth-order valence-electron chi connectivity index (χ4n) is 2.80. The lowest BCUT2D eigenvalue weighted by Gasteiger charge is -2.16. The summed E-state index contributed by atoms with van der Waals surface area (Å²) in [5.41, 5.74) is 2.85. The van der Waals surface area contributed by atoms with E-state index in [0.29, 0.717) is 12.8 Å². The lowest BCUT2D eigenvalue weighted by atomic mass is 10.2. The Bertz CT molecular complexity index is 762. The molecule has 4 nitrogen and oxygen atoms in total. The van der Waals surface area contributed by atoms with Gasteiger partial charge in [0.2, 0.25) is 11.8 Å². The van der Waals surface area contributed by atoms with Crippen LogP contribution in [-0.4, -0.2) is 24.1 Å². The van der Waals surface area contributed by atoms with Crippen LogP contribution < -0.4 is 10.2 Å². The third kappa shape index (κ3) is 5.26. The molecule has 1 fully saturated rings. The normalized spacial score (nSPS) is 13.9. The van der Waals surface area contributed by atoms with E-state index in [-0.39, 0.29) is 11.8 Å². The molecule has 1 heterocycles. The maximum atomic E-state index is 12.1. The Morgan fingerprint density at radius 1 is 1.12 bits per heavy atom. The van der Waals surface area contributed by atoms with Crippen LogP contribution in [0, 0.1) is 0 Å². The quantitative estimate of drug-likeness (QED) is 0.697. The maximum absolute atomic E-state index is 12.1. The van der Waals surface area contributed by atoms with Gasteiger partial charge in [-0.05, 0) is 48.4 Å². The summed E-state index contributed by atoms with van der Waals surface area (Å²) in [6, 6.07) is 15.2. The molecule has 0 bridgehead atoms. The van der Waals surface area contributed by atoms with Gasteiger partial charge in [0.15, 0.2) is 0 Å². The lowest BCUT2D eigenvalue weighted by molar-refractivity contribution is -0.117. The molecule has 6 heteroatoms. The van der Waals surface area contributed by atoms with Crippen LogP contribution in [0.3, 0.4) is 0 Å². The number of amides is 2. The summed E-state index contributed by atoms with van der Waals surface area (Å²) in [6.07, 6.45) is 1.99. The Kier molecular flexibility index (Phi) is 6.58. The van der Waals surface area contributed by atoms with Gasteiger partial charge in [0.05, 0.1) is 0 Å². The average molecular weight is 389 g/mol. The van der Waals surface area contributed by atoms with Crippen LogP contribution in [-0.2, 0) is 15.3 Å². The second-order valence-electron chi connectivity index (χ2n) is 6.17. The molecule has 2 amide bonds. The van der Waals surface area contributed by atoms with Crippen molar-refractivity contribution in [1.29, 1.82) is 0 Å². The number of hydrogen-bond acceptors (Lipinski definition) is 3. The monoisotopic (exact) mass is 388 g/mol. The van der Waals surface area contributed by atoms with Crippen LogP contribution in [0.4, 0.5) is 11.4 Å². The zero-order valence-corrected chi connectivity index (χ0v) is 16.0. The van der Waals surface area contributed by atoms with Crippen molar-refractivity contribution in [2.75, 3.05) is 22.5 Å². The van der Waals surface area contributed by atoms with E-state index in [9.17, 15) is 9.59 Å². The van der Waals surface area contributed by atoms with Gasteiger partial charge in [-0.15, -0.1) is 0 Å². The average Bonchev–Trinajstić information content (AvgIpc) is 3.07. The van der Waals surface area contributed by atoms with Gasteiger partial charge < -0.3 is 10.2 Å². The van der Waals surface area contributed by atoms with Crippen molar-refractivity contribution >= 4 is 46.6 Å². The molecule has 0 spiro atoms. The second-order valence-corrected chi connectivity index (χ2v) is 7.71. The number of carbonyl (C=O) groups excluding carboxylic acids is 2. The number of halogens is 1. The van der Waals surface area contributed by atoms with E-state index in [0.717, 1.165) is 40.9 Å². The Morgan fingerprint density at radius 2 is 1.85 bits per heavy atom. The first-order valence-corrected chi connectivity index (χ1v) is 10.2. The molecule has 26 heavy (non-hydrogen) atoms. The standard InChI is InChI=1S/C20H21ClN2O2S/c21-16-5-3-15(4-6-16)14-26-13-11-19(24)22-17-7-9-18(10-8-17)23-12-1-2-20(23)25/h3-10H,1-2,11-14H2,(H,22,24). The van der Waals surface area contributed by atoms with Gasteiger partial charge in [-0.3, -0.25) is 9.59 Å². The molecule has 3 rings (SSSR count). The Balaban J connectivity index is 1.40. The van der Waals surface area contributed by atoms with Crippen molar-refractivity contribution < 1.29 is 9.59 Å². The summed E-state index contributed by atoms with van der Waals surface area (Å²) in [6.45, 7) is 0.773. The molecule has 0 atom stereocenters. The lowest BCUT2D eigenvalue weighted by Crippen LogP contribution is -2.23. The highest BCUT2D eigenvalue weighted by molar-refractivity contribution is 7.98. The molecule has 136 valence electrons. The van der Waals surface area contributed by atoms with Crippen LogP contribution in [0.25, 0.3) is 0 Å². The van der Waals surface area contributed by atoms with Crippen molar-refractivity contribution in [3.63, 3.8) is 0 Å². The van der Waals surface area contributed by atoms with Crippen LogP contribution >= 0.6 is 23.4 Å². The van der Waals surface area contributed by atoms with E-state index in [2.05, 4.69) is 5.32 Å². The molecule has 0 aliphatic carbocycles. The molecule has 0 aromatic heterocycles. The highest BCUT2D eigenvalue weighted by Crippen LogP contribution is 2.23. The number of thioether (sulfide) groups is 1. The minimum absolute atomic E-state index is 0.00129. The molecule has 1 aliphatic rings. The number of anilines is 2. The zero-order chi connectivity index (χ0) is 18.4. The third-order valence-corrected chi connectivity index (χ3v) is 5.47. The van der Waals surface area contributed by atoms with Crippen LogP contribution in [0.2, 0.25) is 5.02 Å². The number of hydrogen-bond donors (Lipinski definition) is 1. The predicted molar refractivity (Wildman–Crippen MR) is 109 cm³/mol. The molecule has 0 saturated carbocycles. The second kappa shape index (κ2) is 9.10. The highest BCUT2D eigenvalue weighted by atomic mass is 35.5. The SMILES string of the molecule is O=C(CCSCc1ccc(Cl)cc1)Nc1ccc(N2CCCC2=O)cc1. The topological polar surface area (TPSA) is 49.4 Å². The van der Waals surface area contributed by atoms with E-state index >= 15 is 0 Å². The molecule has 1 N–H and O–H groups in total. The first kappa shape index (κ1) is 18.8. The first-order valence-electron chi connectivity index (χ1n) is 8.64. The zero-order valence-electron chi connectivity index (χ0n) is 14.4. The van der Waals surface area contributed by atoms with Gasteiger partial charge in [0, 0.05) is 47.3 Å². The maximum Gasteiger partial charge on any atom is 0.227 e. The molecule has 2 aromatic carbocycles. The van der Waals surface area contributed by atoms with Crippen LogP contribution in [0.15, 0.2) is 48.5 Å². The fraction of sp³-hybridized carbons (Fsp3) is 0.300. The van der Waals surface area contributed by atoms with E-state index in [1.807, 2.05) is 48.5 Å². The summed E-state index contributed by atoms with van der Waals surface area (Å²) in [7, 11) is 0. The fourth-order valence-corrected chi connectivity index (χ4v) is 3.83. The summed E-state index contributed by atoms with van der Waals surface area (Å²) < 4.78 is 0. The van der Waals surface area contributed by atoms with Crippen LogP contribution in [0.1, 0.15) is 24.8 Å². The molecule has 0 unspecified atom stereocenters. The summed E-state index contributed by atoms with van der Waals surface area (Å²) in [4.78, 5) is 25.6. The van der Waals surface area contributed by atoms with Gasteiger partial charge in [-0.25, -0.2) is 0 Å². The smallest absolute Gasteiger partial charge is 0.227 e. The van der Waals surface area contributed by atoms with E-state index in [4.69, 9.17) is 11.6 Å². The van der Waals surface area contributed by atoms with Crippen molar-refractivity contribution in [2.24, 2.45) is 0 Å².